The largest absolute Gasteiger partial charge is 0.507 e. The second-order valence-corrected chi connectivity index (χ2v) is 7.73. The zero-order valence-electron chi connectivity index (χ0n) is 16.8. The van der Waals surface area contributed by atoms with Crippen LogP contribution < -0.4 is 4.74 Å². The average Bonchev–Trinajstić information content (AvgIpc) is 2.98. The number of Topliss-reactive ketones (excluding diaryl/α,β-unsaturated/α-hetero) is 1. The Morgan fingerprint density at radius 1 is 1.17 bits per heavy atom. The monoisotopic (exact) mass is 475 g/mol. The number of nitrogens with zero attached hydrogens (tertiary/aromatic N) is 1. The third-order valence-electron chi connectivity index (χ3n) is 5.03. The molecule has 30 heavy (non-hydrogen) atoms. The molecule has 1 fully saturated rings. The van der Waals surface area contributed by atoms with Crippen LogP contribution >= 0.6 is 15.9 Å². The van der Waals surface area contributed by atoms with Gasteiger partial charge in [-0.15, -0.1) is 0 Å². The van der Waals surface area contributed by atoms with Crippen LogP contribution in [0, 0.1) is 6.92 Å². The smallest absolute Gasteiger partial charge is 0.295 e. The lowest BCUT2D eigenvalue weighted by Crippen LogP contribution is -2.32. The van der Waals surface area contributed by atoms with Crippen LogP contribution in [0.2, 0.25) is 0 Å². The van der Waals surface area contributed by atoms with Gasteiger partial charge in [0, 0.05) is 23.7 Å². The van der Waals surface area contributed by atoms with Gasteiger partial charge in [0.2, 0.25) is 0 Å². The van der Waals surface area contributed by atoms with E-state index in [9.17, 15) is 19.8 Å². The van der Waals surface area contributed by atoms with Crippen molar-refractivity contribution in [3.8, 4) is 11.5 Å². The Hall–Kier alpha value is -2.84. The summed E-state index contributed by atoms with van der Waals surface area (Å²) in [4.78, 5) is 27.0. The van der Waals surface area contributed by atoms with Crippen molar-refractivity contribution in [3.05, 3.63) is 63.1 Å². The second kappa shape index (κ2) is 8.89. The molecule has 0 spiro atoms. The lowest BCUT2D eigenvalue weighted by Gasteiger charge is -2.25. The van der Waals surface area contributed by atoms with Crippen LogP contribution in [0.5, 0.6) is 11.5 Å². The summed E-state index contributed by atoms with van der Waals surface area (Å²) in [6, 6.07) is 8.90. The molecule has 1 heterocycles. The summed E-state index contributed by atoms with van der Waals surface area (Å²) in [6.45, 7) is 2.22. The molecule has 7 nitrogen and oxygen atoms in total. The van der Waals surface area contributed by atoms with Crippen molar-refractivity contribution in [2.24, 2.45) is 0 Å². The number of likely N-dealkylation sites (tertiary alicyclic amines) is 1. The number of phenolic OH excluding ortho intramolecular Hbond substituents is 1. The van der Waals surface area contributed by atoms with Gasteiger partial charge in [0.05, 0.1) is 25.3 Å². The number of hydrogen-bond donors (Lipinski definition) is 2. The Morgan fingerprint density at radius 3 is 2.50 bits per heavy atom. The van der Waals surface area contributed by atoms with Crippen molar-refractivity contribution in [3.63, 3.8) is 0 Å². The van der Waals surface area contributed by atoms with Crippen LogP contribution in [-0.4, -0.2) is 54.2 Å². The fourth-order valence-electron chi connectivity index (χ4n) is 3.47. The fraction of sp³-hybridized carbons (Fsp3) is 0.273. The first-order valence-corrected chi connectivity index (χ1v) is 10.00. The molecular weight excluding hydrogens is 454 g/mol. The predicted molar refractivity (Wildman–Crippen MR) is 114 cm³/mol. The quantitative estimate of drug-likeness (QED) is 0.376. The Balaban J connectivity index is 2.19. The molecule has 2 N–H and O–H groups in total. The number of ether oxygens (including phenoxy) is 2. The van der Waals surface area contributed by atoms with Gasteiger partial charge in [0.1, 0.15) is 5.76 Å². The maximum atomic E-state index is 12.9. The Kier molecular flexibility index (Phi) is 6.48. The molecule has 1 atom stereocenters. The topological polar surface area (TPSA) is 96.3 Å². The number of carbonyl (C=O) groups is 2. The average molecular weight is 476 g/mol. The van der Waals surface area contributed by atoms with Gasteiger partial charge < -0.3 is 24.6 Å². The fourth-order valence-corrected chi connectivity index (χ4v) is 3.72. The molecule has 2 aromatic carbocycles. The Morgan fingerprint density at radius 2 is 1.90 bits per heavy atom. The van der Waals surface area contributed by atoms with E-state index in [4.69, 9.17) is 9.47 Å². The first-order chi connectivity index (χ1) is 14.3. The van der Waals surface area contributed by atoms with Crippen LogP contribution in [0.3, 0.4) is 0 Å². The number of carbonyl (C=O) groups excluding carboxylic acids is 2. The summed E-state index contributed by atoms with van der Waals surface area (Å²) in [5.41, 5.74) is 1.72. The number of aromatic hydroxyl groups is 1. The maximum Gasteiger partial charge on any atom is 0.295 e. The minimum atomic E-state index is -0.874. The van der Waals surface area contributed by atoms with Crippen LogP contribution in [0.1, 0.15) is 22.7 Å². The van der Waals surface area contributed by atoms with Gasteiger partial charge in [-0.3, -0.25) is 9.59 Å². The molecule has 0 radical (unpaired) electrons. The molecule has 1 amide bonds. The van der Waals surface area contributed by atoms with Crippen molar-refractivity contribution in [1.82, 2.24) is 4.90 Å². The molecule has 0 aromatic heterocycles. The maximum absolute atomic E-state index is 12.9. The highest BCUT2D eigenvalue weighted by Crippen LogP contribution is 2.41. The lowest BCUT2D eigenvalue weighted by atomic mass is 9.94. The molecule has 0 saturated carbocycles. The van der Waals surface area contributed by atoms with Crippen LogP contribution in [0.25, 0.3) is 5.76 Å². The molecule has 1 saturated heterocycles. The number of halogens is 1. The van der Waals surface area contributed by atoms with Gasteiger partial charge in [-0.1, -0.05) is 28.1 Å². The van der Waals surface area contributed by atoms with E-state index >= 15 is 0 Å². The molecule has 2 aromatic rings. The van der Waals surface area contributed by atoms with Crippen molar-refractivity contribution in [2.45, 2.75) is 13.0 Å². The highest BCUT2D eigenvalue weighted by molar-refractivity contribution is 9.10. The number of aryl methyl sites for hydroxylation is 1. The van der Waals surface area contributed by atoms with E-state index in [0.29, 0.717) is 11.1 Å². The van der Waals surface area contributed by atoms with Gasteiger partial charge in [-0.25, -0.2) is 0 Å². The number of hydrogen-bond acceptors (Lipinski definition) is 6. The minimum Gasteiger partial charge on any atom is -0.507 e. The van der Waals surface area contributed by atoms with E-state index in [1.165, 1.54) is 25.2 Å². The Labute approximate surface area is 182 Å². The molecule has 3 rings (SSSR count). The third-order valence-corrected chi connectivity index (χ3v) is 5.92. The van der Waals surface area contributed by atoms with Gasteiger partial charge >= 0.3 is 0 Å². The normalized spacial score (nSPS) is 18.1. The van der Waals surface area contributed by atoms with Crippen molar-refractivity contribution >= 4 is 33.4 Å². The van der Waals surface area contributed by atoms with Gasteiger partial charge in [0.25, 0.3) is 11.7 Å². The number of aliphatic hydroxyl groups is 1. The first kappa shape index (κ1) is 21.9. The molecule has 1 aliphatic heterocycles. The first-order valence-electron chi connectivity index (χ1n) is 9.21. The number of benzene rings is 2. The van der Waals surface area contributed by atoms with Crippen molar-refractivity contribution in [1.29, 1.82) is 0 Å². The lowest BCUT2D eigenvalue weighted by molar-refractivity contribution is -0.140. The summed E-state index contributed by atoms with van der Waals surface area (Å²) in [5.74, 6) is -1.67. The third kappa shape index (κ3) is 3.93. The Bertz CT molecular complexity index is 1030. The molecule has 1 unspecified atom stereocenters. The molecule has 0 bridgehead atoms. The van der Waals surface area contributed by atoms with Crippen LogP contribution in [-0.2, 0) is 14.3 Å². The number of rotatable bonds is 6. The van der Waals surface area contributed by atoms with E-state index in [-0.39, 0.29) is 36.0 Å². The van der Waals surface area contributed by atoms with Gasteiger partial charge in [-0.2, -0.15) is 0 Å². The van der Waals surface area contributed by atoms with E-state index < -0.39 is 17.7 Å². The van der Waals surface area contributed by atoms with E-state index in [0.717, 1.165) is 10.0 Å². The van der Waals surface area contributed by atoms with E-state index in [1.54, 1.807) is 30.3 Å². The zero-order valence-corrected chi connectivity index (χ0v) is 18.4. The van der Waals surface area contributed by atoms with Crippen molar-refractivity contribution in [2.75, 3.05) is 27.4 Å². The molecule has 8 heteroatoms. The van der Waals surface area contributed by atoms with E-state index in [2.05, 4.69) is 15.9 Å². The molecule has 158 valence electrons. The van der Waals surface area contributed by atoms with E-state index in [1.807, 2.05) is 6.92 Å². The summed E-state index contributed by atoms with van der Waals surface area (Å²) in [6.07, 6.45) is 0. The van der Waals surface area contributed by atoms with Crippen LogP contribution in [0.15, 0.2) is 46.4 Å². The molecular formula is C22H22BrNO6. The standard InChI is InChI=1S/C22H22BrNO6/c1-12-10-14(4-6-15(12)23)20(26)18-19(13-5-7-17(30-3)16(25)11-13)24(8-9-29-2)22(28)21(18)27/h4-7,10-11,19,25-26H,8-9H2,1-3H3/b20-18-. The minimum absolute atomic E-state index is 0.0395. The number of phenols is 1. The van der Waals surface area contributed by atoms with Gasteiger partial charge in [-0.05, 0) is 42.3 Å². The molecule has 0 aliphatic carbocycles. The summed E-state index contributed by atoms with van der Waals surface area (Å²) >= 11 is 3.41. The number of amides is 1. The highest BCUT2D eigenvalue weighted by atomic mass is 79.9. The number of methoxy groups -OCH3 is 2. The van der Waals surface area contributed by atoms with Crippen LogP contribution in [0.4, 0.5) is 0 Å². The predicted octanol–water partition coefficient (Wildman–Crippen LogP) is 3.54. The summed E-state index contributed by atoms with van der Waals surface area (Å²) in [7, 11) is 2.92. The number of aliphatic hydroxyl groups excluding tert-OH is 1. The number of ketones is 1. The summed E-state index contributed by atoms with van der Waals surface area (Å²) < 4.78 is 11.0. The zero-order chi connectivity index (χ0) is 22.0. The van der Waals surface area contributed by atoms with Gasteiger partial charge in [0.15, 0.2) is 11.5 Å². The second-order valence-electron chi connectivity index (χ2n) is 6.88. The SMILES string of the molecule is COCCN1C(=O)C(=O)/C(=C(\O)c2ccc(Br)c(C)c2)C1c1ccc(OC)c(O)c1. The highest BCUT2D eigenvalue weighted by Gasteiger charge is 2.46. The molecule has 1 aliphatic rings. The van der Waals surface area contributed by atoms with Crippen molar-refractivity contribution < 1.29 is 29.3 Å². The summed E-state index contributed by atoms with van der Waals surface area (Å²) in [5, 5.41) is 21.2.